The molecule has 41 nitrogen and oxygen atoms in total. The molecule has 8 rings (SSSR count). The Kier molecular flexibility index (Phi) is 36.5. The topological polar surface area (TPSA) is 629 Å². The van der Waals surface area contributed by atoms with Crippen molar-refractivity contribution >= 4 is 137 Å². The average Bonchev–Trinajstić information content (AvgIpc) is 1.67. The molecule has 13 atom stereocenters. The molecule has 3 fully saturated rings. The number of imidazole rings is 2. The standard InChI is InChI=1S/C78H111N25O16S2/c1-3-4-18-50(64(79)107)92-67(110)53(25-26-63(105)106)93-66(109)52(21-11-28-87-78(82)83)94-72(115)61-23-13-30-102(61)76(119)62-24-14-31-103(62)75(118)59(40-121)100-69(112)55(33-45-36-88-49-19-9-8-17-48(45)49)96-70(113)56(34-46-37-84-41-89-46)97-68(111)54(32-44-15-6-5-7-16-44)95-71(114)57(35-47-38-85-42-90-47)98-73(116)60-22-12-29-101(60)74(117)58(39-120)99-65(108)51(91-43(2)104)20-10-27-86-77(80)81/h5-9,15-17,19,36-38,41-42,50-62,88,120-121H,3-4,10-14,18,20-35,39-40H2,1-2H3,(H2,79,107)(H,84,89)(H,85,90)(H,91,104)(H,92,110)(H,93,109)(H,94,115)(H,95,114)(H,96,113)(H,97,111)(H,98,116)(H,99,108)(H,100,112)(H,105,106)(H4,80,81,86)(H4,82,83,87)/t50-,51+,52+,53-,54+,55-,56-,57-,58-,59-,60-,61-,62-/m0/s1. The molecule has 14 amide bonds. The number of H-pyrrole nitrogens is 3. The Morgan fingerprint density at radius 3 is 1.39 bits per heavy atom. The summed E-state index contributed by atoms with van der Waals surface area (Å²) < 4.78 is 0. The number of unbranched alkanes of at least 4 members (excludes halogenated alkanes) is 1. The first-order valence-corrected chi connectivity index (χ1v) is 41.6. The zero-order valence-electron chi connectivity index (χ0n) is 67.4. The molecular formula is C78H111N25O16S2. The van der Waals surface area contributed by atoms with E-state index in [-0.39, 0.29) is 132 Å². The number of carbonyl (C=O) groups is 15. The van der Waals surface area contributed by atoms with Crippen LogP contribution in [0.15, 0.2) is 85.8 Å². The minimum absolute atomic E-state index is 0.0278. The Balaban J connectivity index is 0.997. The number of benzene rings is 2. The molecule has 0 bridgehead atoms. The molecule has 5 aromatic rings. The maximum Gasteiger partial charge on any atom is 0.303 e. The van der Waals surface area contributed by atoms with Crippen molar-refractivity contribution in [2.75, 3.05) is 44.2 Å². The first-order valence-electron chi connectivity index (χ1n) is 40.3. The van der Waals surface area contributed by atoms with E-state index >= 15 is 24.0 Å². The predicted octanol–water partition coefficient (Wildman–Crippen LogP) is -3.35. The number of guanidine groups is 2. The number of fused-ring (bicyclic) bond motifs is 1. The van der Waals surface area contributed by atoms with Crippen molar-refractivity contribution in [3.63, 3.8) is 0 Å². The highest BCUT2D eigenvalue weighted by atomic mass is 32.1. The van der Waals surface area contributed by atoms with E-state index in [9.17, 15) is 53.1 Å². The third-order valence-electron chi connectivity index (χ3n) is 21.0. The van der Waals surface area contributed by atoms with Crippen molar-refractivity contribution in [1.82, 2.24) is 103 Å². The second kappa shape index (κ2) is 46.9. The van der Waals surface area contributed by atoms with E-state index in [4.69, 9.17) is 28.0 Å². The molecule has 0 aliphatic carbocycles. The lowest BCUT2D eigenvalue weighted by molar-refractivity contribution is -0.148. The number of hydrogen-bond donors (Lipinski definition) is 23. The van der Waals surface area contributed by atoms with Gasteiger partial charge in [0, 0.05) is 113 Å². The molecule has 0 unspecified atom stereocenters. The van der Waals surface area contributed by atoms with Gasteiger partial charge in [0.25, 0.3) is 0 Å². The molecule has 121 heavy (non-hydrogen) atoms. The number of amides is 14. The lowest BCUT2D eigenvalue weighted by Crippen LogP contribution is -2.61. The number of nitrogens with zero attached hydrogens (tertiary/aromatic N) is 5. The minimum atomic E-state index is -1.57. The van der Waals surface area contributed by atoms with Crippen LogP contribution in [0.4, 0.5) is 0 Å². The van der Waals surface area contributed by atoms with Gasteiger partial charge < -0.3 is 116 Å². The SMILES string of the molecule is CCCC[C@H](NC(=O)[C@H](CCC(=O)O)NC(=O)[C@@H](CCCNC(=N)N)NC(=O)[C@@H]1CCCN1C(=O)[C@@H]1CCCN1C(=O)[C@H](CS)NC(=O)[C@H](Cc1c[nH]c2ccccc12)NC(=O)[C@H](Cc1c[nH]cn1)NC(=O)[C@@H](Cc1ccccc1)NC(=O)[C@H](Cc1c[nH]cn1)NC(=O)[C@@H]1CCCN1C(=O)[C@H](CS)NC(=O)[C@@H](CCCNC(=N)N)NC(C)=O)C(N)=O. The van der Waals surface area contributed by atoms with Gasteiger partial charge >= 0.3 is 5.97 Å². The lowest BCUT2D eigenvalue weighted by Gasteiger charge is -2.33. The minimum Gasteiger partial charge on any atom is -0.481 e. The van der Waals surface area contributed by atoms with Crippen LogP contribution in [0.1, 0.15) is 133 Å². The Labute approximate surface area is 708 Å². The van der Waals surface area contributed by atoms with Gasteiger partial charge in [-0.05, 0) is 94.2 Å². The number of nitrogens with two attached hydrogens (primary N) is 3. The molecule has 3 aliphatic rings. The molecule has 3 aromatic heterocycles. The quantitative estimate of drug-likeness (QED) is 0.00783. The summed E-state index contributed by atoms with van der Waals surface area (Å²) >= 11 is 8.89. The third kappa shape index (κ3) is 28.2. The molecule has 0 spiro atoms. The summed E-state index contributed by atoms with van der Waals surface area (Å²) in [5.41, 5.74) is 18.8. The molecule has 2 aromatic carbocycles. The number of carboxylic acid groups (broad SMARTS) is 1. The van der Waals surface area contributed by atoms with Gasteiger partial charge in [-0.15, -0.1) is 0 Å². The number of nitrogens with one attached hydrogen (secondary N) is 17. The van der Waals surface area contributed by atoms with Gasteiger partial charge in [-0.2, -0.15) is 25.3 Å². The molecule has 0 saturated carbocycles. The maximum absolute atomic E-state index is 15.3. The summed E-state index contributed by atoms with van der Waals surface area (Å²) in [5, 5.41) is 57.5. The van der Waals surface area contributed by atoms with Crippen LogP contribution in [0.2, 0.25) is 0 Å². The largest absolute Gasteiger partial charge is 0.481 e. The molecular weight excluding hydrogens is 1610 g/mol. The molecule has 24 N–H and O–H groups in total. The van der Waals surface area contributed by atoms with Gasteiger partial charge in [0.05, 0.1) is 24.0 Å². The highest BCUT2D eigenvalue weighted by Gasteiger charge is 2.46. The third-order valence-corrected chi connectivity index (χ3v) is 21.8. The summed E-state index contributed by atoms with van der Waals surface area (Å²) in [6.07, 6.45) is 8.54. The molecule has 0 radical (unpaired) electrons. The number of hydrogen-bond acceptors (Lipinski definition) is 21. The van der Waals surface area contributed by atoms with Crippen LogP contribution in [0, 0.1) is 10.8 Å². The number of rotatable bonds is 47. The fourth-order valence-electron chi connectivity index (χ4n) is 14.8. The number of carboxylic acids is 1. The highest BCUT2D eigenvalue weighted by Crippen LogP contribution is 2.28. The van der Waals surface area contributed by atoms with Crippen LogP contribution >= 0.6 is 25.3 Å². The van der Waals surface area contributed by atoms with Gasteiger partial charge in [0.15, 0.2) is 11.9 Å². The predicted molar refractivity (Wildman–Crippen MR) is 448 cm³/mol. The van der Waals surface area contributed by atoms with E-state index in [1.807, 2.05) is 6.92 Å². The van der Waals surface area contributed by atoms with E-state index in [2.05, 4.69) is 114 Å². The monoisotopic (exact) mass is 1720 g/mol. The highest BCUT2D eigenvalue weighted by molar-refractivity contribution is 7.80. The number of thiol groups is 2. The Bertz CT molecular complexity index is 4440. The van der Waals surface area contributed by atoms with E-state index in [0.717, 1.165) is 0 Å². The first-order chi connectivity index (χ1) is 58.0. The summed E-state index contributed by atoms with van der Waals surface area (Å²) in [5.74, 6) is -13.5. The lowest BCUT2D eigenvalue weighted by atomic mass is 10.0. The fourth-order valence-corrected chi connectivity index (χ4v) is 15.3. The summed E-state index contributed by atoms with van der Waals surface area (Å²) in [7, 11) is 0. The van der Waals surface area contributed by atoms with Crippen LogP contribution < -0.4 is 81.0 Å². The molecule has 656 valence electrons. The second-order valence-electron chi connectivity index (χ2n) is 30.0. The molecule has 3 aliphatic heterocycles. The number of likely N-dealkylation sites (tertiary alicyclic amines) is 3. The van der Waals surface area contributed by atoms with Gasteiger partial charge in [0.2, 0.25) is 82.7 Å². The van der Waals surface area contributed by atoms with Crippen LogP contribution in [0.5, 0.6) is 0 Å². The molecule has 6 heterocycles. The number of aromatic nitrogens is 5. The van der Waals surface area contributed by atoms with Crippen LogP contribution in [0.25, 0.3) is 10.9 Å². The van der Waals surface area contributed by atoms with Crippen molar-refractivity contribution in [2.24, 2.45) is 17.2 Å². The summed E-state index contributed by atoms with van der Waals surface area (Å²) in [6, 6.07) is -1.77. The normalized spacial score (nSPS) is 17.4. The number of aromatic amines is 3. The van der Waals surface area contributed by atoms with Crippen molar-refractivity contribution in [2.45, 2.75) is 214 Å². The van der Waals surface area contributed by atoms with Gasteiger partial charge in [-0.25, -0.2) is 9.97 Å². The Morgan fingerprint density at radius 2 is 0.901 bits per heavy atom. The van der Waals surface area contributed by atoms with Crippen molar-refractivity contribution in [3.05, 3.63) is 108 Å². The average molecular weight is 1720 g/mol. The first kappa shape index (κ1) is 94.2. The van der Waals surface area contributed by atoms with Gasteiger partial charge in [-0.3, -0.25) is 82.7 Å². The van der Waals surface area contributed by atoms with Crippen LogP contribution in [0.3, 0.4) is 0 Å². The second-order valence-corrected chi connectivity index (χ2v) is 30.7. The van der Waals surface area contributed by atoms with Crippen molar-refractivity contribution in [1.29, 1.82) is 10.8 Å². The number of para-hydroxylation sites is 1. The zero-order chi connectivity index (χ0) is 87.8. The van der Waals surface area contributed by atoms with Crippen molar-refractivity contribution in [3.8, 4) is 0 Å². The maximum atomic E-state index is 15.3. The van der Waals surface area contributed by atoms with E-state index in [1.54, 1.807) is 60.8 Å². The van der Waals surface area contributed by atoms with Crippen molar-refractivity contribution < 1.29 is 77.0 Å². The number of primary amides is 1. The van der Waals surface area contributed by atoms with Crippen LogP contribution in [-0.4, -0.2) is 268 Å². The summed E-state index contributed by atoms with van der Waals surface area (Å²) in [6.45, 7) is 3.53. The number of aliphatic carboxylic acids is 1. The van der Waals surface area contributed by atoms with Gasteiger partial charge in [-0.1, -0.05) is 68.3 Å². The zero-order valence-corrected chi connectivity index (χ0v) is 69.2. The van der Waals surface area contributed by atoms with Gasteiger partial charge in [0.1, 0.15) is 78.5 Å². The summed E-state index contributed by atoms with van der Waals surface area (Å²) in [4.78, 5) is 234. The van der Waals surface area contributed by atoms with Crippen LogP contribution in [-0.2, 0) is 97.6 Å². The van der Waals surface area contributed by atoms with E-state index in [1.165, 1.54) is 46.7 Å². The smallest absolute Gasteiger partial charge is 0.303 e. The fraction of sp³-hybridized carbons (Fsp3) is 0.526. The Hall–Kier alpha value is -12.3. The van der Waals surface area contributed by atoms with E-state index < -0.39 is 180 Å². The van der Waals surface area contributed by atoms with E-state index in [0.29, 0.717) is 66.2 Å². The molecule has 3 saturated heterocycles. The number of carbonyl (C=O) groups excluding carboxylic acids is 14. The Morgan fingerprint density at radius 1 is 0.488 bits per heavy atom. The molecule has 43 heteroatoms.